The fourth-order valence-corrected chi connectivity index (χ4v) is 3.77. The van der Waals surface area contributed by atoms with Gasteiger partial charge in [0.15, 0.2) is 6.61 Å². The maximum atomic E-state index is 13.5. The zero-order valence-corrected chi connectivity index (χ0v) is 16.9. The lowest BCUT2D eigenvalue weighted by atomic mass is 10.1. The Hall–Kier alpha value is -3.37. The van der Waals surface area contributed by atoms with Gasteiger partial charge in [0.2, 0.25) is 10.0 Å². The molecule has 31 heavy (non-hydrogen) atoms. The molecule has 0 aliphatic heterocycles. The van der Waals surface area contributed by atoms with Crippen molar-refractivity contribution in [2.45, 2.75) is 11.3 Å². The molecule has 162 valence electrons. The average molecular weight is 448 g/mol. The van der Waals surface area contributed by atoms with Crippen molar-refractivity contribution in [2.75, 3.05) is 18.5 Å². The molecule has 0 bridgehead atoms. The van der Waals surface area contributed by atoms with E-state index in [4.69, 9.17) is 4.74 Å². The number of halogens is 2. The highest BCUT2D eigenvalue weighted by atomic mass is 32.2. The summed E-state index contributed by atoms with van der Waals surface area (Å²) in [4.78, 5) is 23.5. The molecule has 0 radical (unpaired) electrons. The van der Waals surface area contributed by atoms with Gasteiger partial charge in [-0.15, -0.1) is 0 Å². The van der Waals surface area contributed by atoms with Crippen molar-refractivity contribution < 1.29 is 31.5 Å². The van der Waals surface area contributed by atoms with Crippen molar-refractivity contribution >= 4 is 38.4 Å². The number of benzene rings is 3. The molecule has 0 unspecified atom stereocenters. The van der Waals surface area contributed by atoms with Crippen LogP contribution in [0, 0.1) is 11.6 Å². The SMILES string of the molecule is O=C(COC(=O)CCNS(=O)(=O)c1ccc2ccccc2c1)Nc1ccc(F)cc1F. The second-order valence-corrected chi connectivity index (χ2v) is 8.26. The monoisotopic (exact) mass is 448 g/mol. The summed E-state index contributed by atoms with van der Waals surface area (Å²) in [5.74, 6) is -3.41. The molecule has 0 saturated heterocycles. The number of carbonyl (C=O) groups is 2. The molecule has 2 N–H and O–H groups in total. The molecule has 0 heterocycles. The Morgan fingerprint density at radius 2 is 1.68 bits per heavy atom. The number of fused-ring (bicyclic) bond motifs is 1. The number of rotatable bonds is 8. The number of hydrogen-bond donors (Lipinski definition) is 2. The molecule has 7 nitrogen and oxygen atoms in total. The van der Waals surface area contributed by atoms with Crippen molar-refractivity contribution in [1.29, 1.82) is 0 Å². The van der Waals surface area contributed by atoms with E-state index < -0.39 is 40.1 Å². The van der Waals surface area contributed by atoms with E-state index in [9.17, 15) is 26.8 Å². The van der Waals surface area contributed by atoms with E-state index in [0.717, 1.165) is 22.9 Å². The number of nitrogens with one attached hydrogen (secondary N) is 2. The highest BCUT2D eigenvalue weighted by Gasteiger charge is 2.16. The lowest BCUT2D eigenvalue weighted by Crippen LogP contribution is -2.28. The summed E-state index contributed by atoms with van der Waals surface area (Å²) in [7, 11) is -3.84. The van der Waals surface area contributed by atoms with Gasteiger partial charge in [-0.1, -0.05) is 30.3 Å². The number of esters is 1. The van der Waals surface area contributed by atoms with Crippen molar-refractivity contribution in [2.24, 2.45) is 0 Å². The van der Waals surface area contributed by atoms with Crippen LogP contribution in [0.3, 0.4) is 0 Å². The molecule has 3 aromatic rings. The Morgan fingerprint density at radius 1 is 0.935 bits per heavy atom. The van der Waals surface area contributed by atoms with Crippen LogP contribution in [0.1, 0.15) is 6.42 Å². The van der Waals surface area contributed by atoms with Crippen LogP contribution in [0.15, 0.2) is 65.6 Å². The first-order valence-corrected chi connectivity index (χ1v) is 10.6. The quantitative estimate of drug-likeness (QED) is 0.516. The van der Waals surface area contributed by atoms with E-state index in [-0.39, 0.29) is 23.5 Å². The van der Waals surface area contributed by atoms with Gasteiger partial charge in [0, 0.05) is 12.6 Å². The Kier molecular flexibility index (Phi) is 6.93. The zero-order chi connectivity index (χ0) is 22.4. The number of hydrogen-bond acceptors (Lipinski definition) is 5. The minimum Gasteiger partial charge on any atom is -0.456 e. The van der Waals surface area contributed by atoms with Crippen LogP contribution in [0.5, 0.6) is 0 Å². The van der Waals surface area contributed by atoms with Crippen molar-refractivity contribution in [3.8, 4) is 0 Å². The molecule has 3 rings (SSSR count). The first kappa shape index (κ1) is 22.3. The Balaban J connectivity index is 1.46. The van der Waals surface area contributed by atoms with Crippen LogP contribution in [0.2, 0.25) is 0 Å². The predicted octanol–water partition coefficient (Wildman–Crippen LogP) is 2.97. The molecule has 0 saturated carbocycles. The summed E-state index contributed by atoms with van der Waals surface area (Å²) in [6.45, 7) is -0.935. The van der Waals surface area contributed by atoms with Crippen molar-refractivity contribution in [1.82, 2.24) is 4.72 Å². The number of anilines is 1. The molecule has 0 atom stereocenters. The van der Waals surface area contributed by atoms with E-state index in [2.05, 4.69) is 10.0 Å². The summed E-state index contributed by atoms with van der Waals surface area (Å²) in [6, 6.07) is 14.5. The highest BCUT2D eigenvalue weighted by molar-refractivity contribution is 7.89. The molecule has 0 fully saturated rings. The van der Waals surface area contributed by atoms with Crippen LogP contribution in [0.25, 0.3) is 10.8 Å². The molecule has 0 aliphatic carbocycles. The van der Waals surface area contributed by atoms with Gasteiger partial charge in [0.25, 0.3) is 5.91 Å². The van der Waals surface area contributed by atoms with Gasteiger partial charge in [0.1, 0.15) is 11.6 Å². The van der Waals surface area contributed by atoms with Gasteiger partial charge in [-0.2, -0.15) is 0 Å². The number of sulfonamides is 1. The van der Waals surface area contributed by atoms with Gasteiger partial charge in [-0.3, -0.25) is 9.59 Å². The molecule has 0 aliphatic rings. The smallest absolute Gasteiger partial charge is 0.307 e. The Morgan fingerprint density at radius 3 is 2.42 bits per heavy atom. The second-order valence-electron chi connectivity index (χ2n) is 6.49. The largest absolute Gasteiger partial charge is 0.456 e. The third-order valence-electron chi connectivity index (χ3n) is 4.22. The standard InChI is InChI=1S/C21H18F2N2O5S/c22-16-6-8-19(18(23)12-16)25-20(26)13-30-21(27)9-10-24-31(28,29)17-7-5-14-3-1-2-4-15(14)11-17/h1-8,11-12,24H,9-10,13H2,(H,25,26). The van der Waals surface area contributed by atoms with E-state index in [0.29, 0.717) is 6.07 Å². The van der Waals surface area contributed by atoms with Gasteiger partial charge in [0.05, 0.1) is 17.0 Å². The number of carbonyl (C=O) groups excluding carboxylic acids is 2. The molecule has 0 aromatic heterocycles. The molecular formula is C21H18F2N2O5S. The molecule has 3 aromatic carbocycles. The molecule has 1 amide bonds. The predicted molar refractivity (Wildman–Crippen MR) is 110 cm³/mol. The fraction of sp³-hybridized carbons (Fsp3) is 0.143. The van der Waals surface area contributed by atoms with Gasteiger partial charge >= 0.3 is 5.97 Å². The normalized spacial score (nSPS) is 11.3. The van der Waals surface area contributed by atoms with Crippen LogP contribution in [0.4, 0.5) is 14.5 Å². The minimum atomic E-state index is -3.84. The van der Waals surface area contributed by atoms with Gasteiger partial charge < -0.3 is 10.1 Å². The van der Waals surface area contributed by atoms with E-state index in [1.54, 1.807) is 18.2 Å². The second kappa shape index (κ2) is 9.63. The summed E-state index contributed by atoms with van der Waals surface area (Å²) in [5, 5.41) is 3.79. The summed E-state index contributed by atoms with van der Waals surface area (Å²) < 4.78 is 58.2. The number of amides is 1. The number of ether oxygens (including phenoxy) is 1. The van der Waals surface area contributed by atoms with Crippen LogP contribution >= 0.6 is 0 Å². The van der Waals surface area contributed by atoms with E-state index >= 15 is 0 Å². The van der Waals surface area contributed by atoms with Crippen LogP contribution < -0.4 is 10.0 Å². The first-order valence-electron chi connectivity index (χ1n) is 9.13. The first-order chi connectivity index (χ1) is 14.7. The third kappa shape index (κ3) is 6.06. The molecular weight excluding hydrogens is 430 g/mol. The fourth-order valence-electron chi connectivity index (χ4n) is 2.70. The van der Waals surface area contributed by atoms with Crippen molar-refractivity contribution in [3.63, 3.8) is 0 Å². The van der Waals surface area contributed by atoms with Crippen LogP contribution in [-0.4, -0.2) is 33.4 Å². The van der Waals surface area contributed by atoms with Gasteiger partial charge in [-0.25, -0.2) is 21.9 Å². The molecule has 10 heteroatoms. The summed E-state index contributed by atoms with van der Waals surface area (Å²) in [6.07, 6.45) is -0.314. The average Bonchev–Trinajstić information content (AvgIpc) is 2.74. The van der Waals surface area contributed by atoms with E-state index in [1.165, 1.54) is 12.1 Å². The Labute approximate surface area is 177 Å². The molecule has 0 spiro atoms. The van der Waals surface area contributed by atoms with E-state index in [1.807, 2.05) is 12.1 Å². The lowest BCUT2D eigenvalue weighted by molar-refractivity contribution is -0.147. The summed E-state index contributed by atoms with van der Waals surface area (Å²) in [5.41, 5.74) is -0.259. The maximum Gasteiger partial charge on any atom is 0.307 e. The Bertz CT molecular complexity index is 1230. The summed E-state index contributed by atoms with van der Waals surface area (Å²) >= 11 is 0. The lowest BCUT2D eigenvalue weighted by Gasteiger charge is -2.09. The van der Waals surface area contributed by atoms with Gasteiger partial charge in [-0.05, 0) is 35.0 Å². The van der Waals surface area contributed by atoms with Crippen molar-refractivity contribution in [3.05, 3.63) is 72.3 Å². The minimum absolute atomic E-state index is 0.0558. The maximum absolute atomic E-state index is 13.5. The topological polar surface area (TPSA) is 102 Å². The van der Waals surface area contributed by atoms with Crippen LogP contribution in [-0.2, 0) is 24.3 Å². The third-order valence-corrected chi connectivity index (χ3v) is 5.68. The zero-order valence-electron chi connectivity index (χ0n) is 16.1. The highest BCUT2D eigenvalue weighted by Crippen LogP contribution is 2.19.